The zero-order valence-corrected chi connectivity index (χ0v) is 12.0. The monoisotopic (exact) mass is 303 g/mol. The number of hydrogen-bond donors (Lipinski definition) is 0. The molecule has 0 radical (unpaired) electrons. The number of aryl methyl sites for hydroxylation is 1. The molecule has 0 amide bonds. The van der Waals surface area contributed by atoms with Crippen LogP contribution in [0.5, 0.6) is 0 Å². The molecule has 3 aromatic rings. The maximum atomic E-state index is 8.90. The normalized spacial score (nSPS) is 10.7. The van der Waals surface area contributed by atoms with Gasteiger partial charge in [-0.2, -0.15) is 10.4 Å². The first-order valence-electron chi connectivity index (χ1n) is 5.82. The van der Waals surface area contributed by atoms with Gasteiger partial charge < -0.3 is 0 Å². The Labute approximate surface area is 125 Å². The molecular weight excluding hydrogens is 295 g/mol. The molecule has 6 heteroatoms. The van der Waals surface area contributed by atoms with Gasteiger partial charge in [0.05, 0.1) is 27.1 Å². The zero-order valence-electron chi connectivity index (χ0n) is 10.5. The minimum absolute atomic E-state index is 0.395. The molecule has 4 nitrogen and oxygen atoms in total. The lowest BCUT2D eigenvalue weighted by Crippen LogP contribution is -2.25. The number of nitriles is 1. The first-order chi connectivity index (χ1) is 9.58. The van der Waals surface area contributed by atoms with E-state index < -0.39 is 0 Å². The van der Waals surface area contributed by atoms with E-state index in [0.717, 1.165) is 10.9 Å². The standard InChI is InChI=1S/C14H9Cl2N4/c1-19-3-2-13-10(7-19)8-20(18-13)14-11(15)4-9(6-17)5-12(14)16/h2-5,7-8H,1H3/q+1. The van der Waals surface area contributed by atoms with Gasteiger partial charge in [-0.15, -0.1) is 0 Å². The summed E-state index contributed by atoms with van der Waals surface area (Å²) in [6.45, 7) is 0. The first-order valence-corrected chi connectivity index (χ1v) is 6.58. The number of aromatic nitrogens is 3. The van der Waals surface area contributed by atoms with Crippen LogP contribution in [0.1, 0.15) is 5.56 Å². The van der Waals surface area contributed by atoms with Crippen molar-refractivity contribution < 1.29 is 4.57 Å². The minimum atomic E-state index is 0.395. The van der Waals surface area contributed by atoms with Gasteiger partial charge in [-0.1, -0.05) is 23.2 Å². The third-order valence-electron chi connectivity index (χ3n) is 2.96. The average molecular weight is 304 g/mol. The van der Waals surface area contributed by atoms with Gasteiger partial charge in [-0.05, 0) is 12.1 Å². The molecule has 0 fully saturated rings. The Balaban J connectivity index is 2.23. The molecule has 0 spiro atoms. The van der Waals surface area contributed by atoms with Crippen molar-refractivity contribution in [3.8, 4) is 11.8 Å². The fourth-order valence-corrected chi connectivity index (χ4v) is 2.70. The van der Waals surface area contributed by atoms with E-state index in [4.69, 9.17) is 28.5 Å². The predicted octanol–water partition coefficient (Wildman–Crippen LogP) is 3.03. The van der Waals surface area contributed by atoms with Crippen molar-refractivity contribution >= 4 is 34.1 Å². The van der Waals surface area contributed by atoms with Crippen LogP contribution in [-0.2, 0) is 7.05 Å². The second kappa shape index (κ2) is 4.78. The highest BCUT2D eigenvalue weighted by atomic mass is 35.5. The van der Waals surface area contributed by atoms with Crippen LogP contribution < -0.4 is 4.57 Å². The summed E-state index contributed by atoms with van der Waals surface area (Å²) in [6, 6.07) is 7.09. The second-order valence-corrected chi connectivity index (χ2v) is 5.24. The molecule has 1 aromatic carbocycles. The van der Waals surface area contributed by atoms with Crippen molar-refractivity contribution in [2.45, 2.75) is 0 Å². The van der Waals surface area contributed by atoms with Gasteiger partial charge in [-0.25, -0.2) is 9.25 Å². The van der Waals surface area contributed by atoms with Crippen LogP contribution in [0.25, 0.3) is 16.6 Å². The van der Waals surface area contributed by atoms with Crippen molar-refractivity contribution in [3.05, 3.63) is 52.4 Å². The molecule has 0 aliphatic carbocycles. The number of rotatable bonds is 1. The summed E-state index contributed by atoms with van der Waals surface area (Å²) in [5.74, 6) is 0. The number of nitrogens with zero attached hydrogens (tertiary/aromatic N) is 4. The maximum absolute atomic E-state index is 8.90. The average Bonchev–Trinajstić information content (AvgIpc) is 2.80. The van der Waals surface area contributed by atoms with Gasteiger partial charge in [0.1, 0.15) is 18.3 Å². The molecule has 98 valence electrons. The van der Waals surface area contributed by atoms with E-state index in [9.17, 15) is 0 Å². The Morgan fingerprint density at radius 1 is 1.30 bits per heavy atom. The van der Waals surface area contributed by atoms with Crippen LogP contribution in [0.4, 0.5) is 0 Å². The highest BCUT2D eigenvalue weighted by molar-refractivity contribution is 6.38. The number of pyridine rings is 1. The topological polar surface area (TPSA) is 45.5 Å². The molecular formula is C14H9Cl2N4+. The fourth-order valence-electron chi connectivity index (χ4n) is 2.04. The molecule has 2 aromatic heterocycles. The lowest BCUT2D eigenvalue weighted by Gasteiger charge is -2.06. The molecule has 0 aliphatic rings. The van der Waals surface area contributed by atoms with Crippen molar-refractivity contribution in [2.75, 3.05) is 0 Å². The van der Waals surface area contributed by atoms with Crippen LogP contribution in [0, 0.1) is 11.3 Å². The summed E-state index contributed by atoms with van der Waals surface area (Å²) in [5.41, 5.74) is 1.85. The Kier molecular flexibility index (Phi) is 3.09. The molecule has 0 unspecified atom stereocenters. The number of hydrogen-bond acceptors (Lipinski definition) is 2. The Morgan fingerprint density at radius 3 is 2.65 bits per heavy atom. The molecule has 0 atom stereocenters. The van der Waals surface area contributed by atoms with E-state index in [1.165, 1.54) is 0 Å². The third-order valence-corrected chi connectivity index (χ3v) is 3.53. The van der Waals surface area contributed by atoms with E-state index in [1.54, 1.807) is 16.8 Å². The SMILES string of the molecule is C[n+]1ccc2nn(-c3c(Cl)cc(C#N)cc3Cl)cc2c1. The predicted molar refractivity (Wildman–Crippen MR) is 77.0 cm³/mol. The van der Waals surface area contributed by atoms with Gasteiger partial charge >= 0.3 is 0 Å². The Bertz CT molecular complexity index is 838. The van der Waals surface area contributed by atoms with E-state index in [-0.39, 0.29) is 0 Å². The Hall–Kier alpha value is -2.09. The quantitative estimate of drug-likeness (QED) is 0.649. The molecule has 0 N–H and O–H groups in total. The maximum Gasteiger partial charge on any atom is 0.179 e. The van der Waals surface area contributed by atoms with E-state index in [0.29, 0.717) is 21.3 Å². The molecule has 3 rings (SSSR count). The fraction of sp³-hybridized carbons (Fsp3) is 0.0714. The smallest absolute Gasteiger partial charge is 0.179 e. The van der Waals surface area contributed by atoms with Crippen LogP contribution in [0.15, 0.2) is 36.8 Å². The highest BCUT2D eigenvalue weighted by Crippen LogP contribution is 2.30. The summed E-state index contributed by atoms with van der Waals surface area (Å²) in [5, 5.41) is 15.1. The van der Waals surface area contributed by atoms with Crippen molar-refractivity contribution in [3.63, 3.8) is 0 Å². The van der Waals surface area contributed by atoms with E-state index in [2.05, 4.69) is 5.10 Å². The molecule has 2 heterocycles. The van der Waals surface area contributed by atoms with Gasteiger partial charge in [0.15, 0.2) is 12.4 Å². The minimum Gasteiger partial charge on any atom is -0.236 e. The van der Waals surface area contributed by atoms with E-state index >= 15 is 0 Å². The van der Waals surface area contributed by atoms with Crippen molar-refractivity contribution in [1.29, 1.82) is 5.26 Å². The molecule has 0 saturated heterocycles. The van der Waals surface area contributed by atoms with Crippen molar-refractivity contribution in [2.24, 2.45) is 7.05 Å². The number of fused-ring (bicyclic) bond motifs is 1. The van der Waals surface area contributed by atoms with E-state index in [1.807, 2.05) is 42.3 Å². The summed E-state index contributed by atoms with van der Waals surface area (Å²) in [6.07, 6.45) is 5.74. The third kappa shape index (κ3) is 2.11. The van der Waals surface area contributed by atoms with Gasteiger partial charge in [0.25, 0.3) is 0 Å². The zero-order chi connectivity index (χ0) is 14.3. The number of halogens is 2. The second-order valence-electron chi connectivity index (χ2n) is 4.42. The molecule has 20 heavy (non-hydrogen) atoms. The Morgan fingerprint density at radius 2 is 2.00 bits per heavy atom. The first kappa shape index (κ1) is 12.9. The summed E-state index contributed by atoms with van der Waals surface area (Å²) in [4.78, 5) is 0. The molecule has 0 bridgehead atoms. The highest BCUT2D eigenvalue weighted by Gasteiger charge is 2.13. The van der Waals surface area contributed by atoms with Crippen LogP contribution in [-0.4, -0.2) is 9.78 Å². The lowest BCUT2D eigenvalue weighted by atomic mass is 10.2. The largest absolute Gasteiger partial charge is 0.236 e. The van der Waals surface area contributed by atoms with Gasteiger partial charge in [0, 0.05) is 12.3 Å². The molecule has 0 aliphatic heterocycles. The lowest BCUT2D eigenvalue weighted by molar-refractivity contribution is -0.670. The summed E-state index contributed by atoms with van der Waals surface area (Å²) < 4.78 is 3.58. The van der Waals surface area contributed by atoms with Gasteiger partial charge in [-0.3, -0.25) is 0 Å². The summed E-state index contributed by atoms with van der Waals surface area (Å²) >= 11 is 12.4. The molecule has 0 saturated carbocycles. The summed E-state index contributed by atoms with van der Waals surface area (Å²) in [7, 11) is 1.94. The van der Waals surface area contributed by atoms with Crippen LogP contribution in [0.3, 0.4) is 0 Å². The van der Waals surface area contributed by atoms with Crippen LogP contribution >= 0.6 is 23.2 Å². The van der Waals surface area contributed by atoms with Crippen LogP contribution in [0.2, 0.25) is 10.0 Å². The number of benzene rings is 1. The van der Waals surface area contributed by atoms with Gasteiger partial charge in [0.2, 0.25) is 0 Å². The van der Waals surface area contributed by atoms with Crippen molar-refractivity contribution in [1.82, 2.24) is 9.78 Å².